The lowest BCUT2D eigenvalue weighted by Gasteiger charge is -2.47. The van der Waals surface area contributed by atoms with Gasteiger partial charge in [0.25, 0.3) is 0 Å². The molecule has 0 N–H and O–H groups in total. The van der Waals surface area contributed by atoms with Crippen molar-refractivity contribution in [2.24, 2.45) is 11.3 Å². The van der Waals surface area contributed by atoms with Crippen LogP contribution in [0.2, 0.25) is 0 Å². The maximum Gasteiger partial charge on any atom is 0.302 e. The summed E-state index contributed by atoms with van der Waals surface area (Å²) in [6.45, 7) is 6.03. The summed E-state index contributed by atoms with van der Waals surface area (Å²) in [7, 11) is 0. The van der Waals surface area contributed by atoms with Gasteiger partial charge in [-0.15, -0.1) is 0 Å². The number of rotatable bonds is 2. The minimum absolute atomic E-state index is 0.0572. The molecule has 16 heavy (non-hydrogen) atoms. The minimum Gasteiger partial charge on any atom is -0.465 e. The molecule has 4 atom stereocenters. The summed E-state index contributed by atoms with van der Waals surface area (Å²) in [6.07, 6.45) is 3.41. The Morgan fingerprint density at radius 3 is 2.94 bits per heavy atom. The second-order valence-corrected chi connectivity index (χ2v) is 5.35. The first-order chi connectivity index (χ1) is 7.51. The van der Waals surface area contributed by atoms with Crippen molar-refractivity contribution >= 4 is 5.97 Å². The van der Waals surface area contributed by atoms with Crippen LogP contribution >= 0.6 is 0 Å². The van der Waals surface area contributed by atoms with Crippen LogP contribution in [0.25, 0.3) is 0 Å². The van der Waals surface area contributed by atoms with Crippen molar-refractivity contribution < 1.29 is 19.3 Å². The predicted octanol–water partition coefficient (Wildman–Crippen LogP) is 2.07. The van der Waals surface area contributed by atoms with Gasteiger partial charge in [0.15, 0.2) is 0 Å². The van der Waals surface area contributed by atoms with Gasteiger partial charge in [-0.25, -0.2) is 9.78 Å². The fourth-order valence-corrected chi connectivity index (χ4v) is 2.60. The van der Waals surface area contributed by atoms with Crippen LogP contribution in [0.4, 0.5) is 0 Å². The number of ether oxygens (including phenoxy) is 1. The van der Waals surface area contributed by atoms with E-state index in [1.807, 2.05) is 0 Å². The van der Waals surface area contributed by atoms with Gasteiger partial charge in [-0.2, -0.15) is 0 Å². The van der Waals surface area contributed by atoms with Gasteiger partial charge in [-0.3, -0.25) is 4.79 Å². The van der Waals surface area contributed by atoms with Gasteiger partial charge in [0.05, 0.1) is 12.7 Å². The number of esters is 1. The highest BCUT2D eigenvalue weighted by Gasteiger charge is 2.47. The molecule has 1 aliphatic heterocycles. The van der Waals surface area contributed by atoms with Gasteiger partial charge >= 0.3 is 5.97 Å². The Kier molecular flexibility index (Phi) is 3.22. The van der Waals surface area contributed by atoms with Crippen molar-refractivity contribution in [3.05, 3.63) is 0 Å². The summed E-state index contributed by atoms with van der Waals surface area (Å²) in [5.74, 6) is 0.359. The van der Waals surface area contributed by atoms with E-state index in [0.29, 0.717) is 12.5 Å². The molecule has 1 heterocycles. The Hall–Kier alpha value is -0.610. The van der Waals surface area contributed by atoms with Crippen molar-refractivity contribution in [2.75, 3.05) is 6.61 Å². The molecule has 4 unspecified atom stereocenters. The predicted molar refractivity (Wildman–Crippen MR) is 57.5 cm³/mol. The van der Waals surface area contributed by atoms with E-state index in [9.17, 15) is 4.79 Å². The zero-order chi connectivity index (χ0) is 11.8. The molecule has 2 bridgehead atoms. The van der Waals surface area contributed by atoms with Crippen molar-refractivity contribution in [2.45, 2.75) is 52.2 Å². The van der Waals surface area contributed by atoms with Crippen LogP contribution in [0.1, 0.15) is 40.0 Å². The van der Waals surface area contributed by atoms with Crippen LogP contribution in [0.5, 0.6) is 0 Å². The summed E-state index contributed by atoms with van der Waals surface area (Å²) >= 11 is 0. The molecule has 0 aromatic rings. The quantitative estimate of drug-likeness (QED) is 0.536. The van der Waals surface area contributed by atoms with Crippen molar-refractivity contribution in [3.63, 3.8) is 0 Å². The fraction of sp³-hybridized carbons (Fsp3) is 0.917. The van der Waals surface area contributed by atoms with Crippen molar-refractivity contribution in [1.29, 1.82) is 0 Å². The number of carbonyl (C=O) groups excluding carboxylic acids is 1. The molecular formula is C12H20O4. The third-order valence-electron chi connectivity index (χ3n) is 3.97. The van der Waals surface area contributed by atoms with E-state index in [1.54, 1.807) is 0 Å². The Morgan fingerprint density at radius 2 is 2.25 bits per heavy atom. The van der Waals surface area contributed by atoms with Gasteiger partial charge in [0.1, 0.15) is 6.10 Å². The van der Waals surface area contributed by atoms with Crippen LogP contribution in [-0.4, -0.2) is 24.8 Å². The van der Waals surface area contributed by atoms with Crippen LogP contribution in [0.15, 0.2) is 0 Å². The third-order valence-corrected chi connectivity index (χ3v) is 3.97. The molecular weight excluding hydrogens is 208 g/mol. The number of hydrogen-bond acceptors (Lipinski definition) is 4. The zero-order valence-corrected chi connectivity index (χ0v) is 10.2. The van der Waals surface area contributed by atoms with E-state index in [0.717, 1.165) is 19.3 Å². The van der Waals surface area contributed by atoms with Crippen LogP contribution in [-0.2, 0) is 19.3 Å². The van der Waals surface area contributed by atoms with Crippen LogP contribution in [0, 0.1) is 11.3 Å². The molecule has 4 heteroatoms. The highest BCUT2D eigenvalue weighted by Crippen LogP contribution is 2.45. The van der Waals surface area contributed by atoms with Gasteiger partial charge < -0.3 is 4.74 Å². The molecule has 1 aliphatic carbocycles. The minimum atomic E-state index is -0.228. The maximum absolute atomic E-state index is 10.9. The second-order valence-electron chi connectivity index (χ2n) is 5.35. The first-order valence-electron chi connectivity index (χ1n) is 5.97. The number of fused-ring (bicyclic) bond motifs is 2. The zero-order valence-electron chi connectivity index (χ0n) is 10.2. The summed E-state index contributed by atoms with van der Waals surface area (Å²) in [4.78, 5) is 21.6. The topological polar surface area (TPSA) is 44.8 Å². The van der Waals surface area contributed by atoms with E-state index >= 15 is 0 Å². The Balaban J connectivity index is 1.98. The molecule has 1 saturated carbocycles. The molecule has 2 fully saturated rings. The van der Waals surface area contributed by atoms with Gasteiger partial charge in [0, 0.05) is 12.3 Å². The molecule has 4 nitrogen and oxygen atoms in total. The van der Waals surface area contributed by atoms with E-state index in [-0.39, 0.29) is 23.6 Å². The first-order valence-corrected chi connectivity index (χ1v) is 5.97. The fourth-order valence-electron chi connectivity index (χ4n) is 2.60. The lowest BCUT2D eigenvalue weighted by Crippen LogP contribution is -2.50. The van der Waals surface area contributed by atoms with Gasteiger partial charge in [-0.1, -0.05) is 6.92 Å². The van der Waals surface area contributed by atoms with E-state index in [2.05, 4.69) is 13.8 Å². The van der Waals surface area contributed by atoms with Crippen LogP contribution < -0.4 is 0 Å². The lowest BCUT2D eigenvalue weighted by atomic mass is 9.68. The van der Waals surface area contributed by atoms with E-state index < -0.39 is 0 Å². The standard InChI is InChI=1S/C12H20O4/c1-8-10-4-5-12(3,7-14-9(2)13)11(6-10)16-15-8/h8,10-11H,4-7H2,1-3H3. The molecule has 2 aliphatic rings. The molecule has 0 amide bonds. The number of carbonyl (C=O) groups is 1. The second kappa shape index (κ2) is 4.34. The highest BCUT2D eigenvalue weighted by atomic mass is 17.2. The summed E-state index contributed by atoms with van der Waals surface area (Å²) in [5, 5.41) is 0. The van der Waals surface area contributed by atoms with Crippen molar-refractivity contribution in [3.8, 4) is 0 Å². The van der Waals surface area contributed by atoms with E-state index in [1.165, 1.54) is 6.92 Å². The SMILES string of the molecule is CC(=O)OCC1(C)CCC2CC1OOC2C. The average molecular weight is 228 g/mol. The molecule has 2 rings (SSSR count). The highest BCUT2D eigenvalue weighted by molar-refractivity contribution is 5.65. The van der Waals surface area contributed by atoms with E-state index in [4.69, 9.17) is 14.5 Å². The van der Waals surface area contributed by atoms with Gasteiger partial charge in [-0.05, 0) is 32.1 Å². The Morgan fingerprint density at radius 1 is 1.50 bits per heavy atom. The molecule has 0 aromatic carbocycles. The summed E-state index contributed by atoms with van der Waals surface area (Å²) in [6, 6.07) is 0. The summed E-state index contributed by atoms with van der Waals surface area (Å²) in [5.41, 5.74) is -0.0949. The average Bonchev–Trinajstić information content (AvgIpc) is 2.25. The molecule has 92 valence electrons. The van der Waals surface area contributed by atoms with Gasteiger partial charge in [0.2, 0.25) is 0 Å². The van der Waals surface area contributed by atoms with Crippen LogP contribution in [0.3, 0.4) is 0 Å². The summed E-state index contributed by atoms with van der Waals surface area (Å²) < 4.78 is 5.13. The first kappa shape index (κ1) is 11.9. The number of hydrogen-bond donors (Lipinski definition) is 0. The molecule has 0 spiro atoms. The monoisotopic (exact) mass is 228 g/mol. The third kappa shape index (κ3) is 2.23. The Bertz CT molecular complexity index is 278. The normalized spacial score (nSPS) is 42.8. The van der Waals surface area contributed by atoms with Crippen molar-refractivity contribution in [1.82, 2.24) is 0 Å². The lowest BCUT2D eigenvalue weighted by molar-refractivity contribution is -0.410. The molecule has 0 radical (unpaired) electrons. The largest absolute Gasteiger partial charge is 0.465 e. The molecule has 1 saturated heterocycles. The molecule has 0 aromatic heterocycles. The maximum atomic E-state index is 10.9. The smallest absolute Gasteiger partial charge is 0.302 e. The Labute approximate surface area is 96.2 Å².